The third-order valence-corrected chi connectivity index (χ3v) is 6.53. The van der Waals surface area contributed by atoms with Gasteiger partial charge in [0.05, 0.1) is 21.2 Å². The molecule has 33 heavy (non-hydrogen) atoms. The van der Waals surface area contributed by atoms with Crippen molar-refractivity contribution < 1.29 is 13.9 Å². The fraction of sp³-hybridized carbons (Fsp3) is 0.375. The normalized spacial score (nSPS) is 18.6. The fourth-order valence-electron chi connectivity index (χ4n) is 3.96. The summed E-state index contributed by atoms with van der Waals surface area (Å²) in [5, 5.41) is 3.73. The maximum Gasteiger partial charge on any atom is 0.410 e. The fourth-order valence-corrected chi connectivity index (χ4v) is 4.27. The molecule has 1 amide bonds. The second-order valence-electron chi connectivity index (χ2n) is 9.51. The number of likely N-dealkylation sites (tertiary alicyclic amines) is 1. The monoisotopic (exact) mass is 490 g/mol. The molecule has 6 nitrogen and oxygen atoms in total. The van der Waals surface area contributed by atoms with Gasteiger partial charge in [0, 0.05) is 23.9 Å². The second-order valence-corrected chi connectivity index (χ2v) is 10.3. The highest BCUT2D eigenvalue weighted by Crippen LogP contribution is 2.38. The molecule has 0 radical (unpaired) electrons. The van der Waals surface area contributed by atoms with Crippen LogP contribution in [-0.2, 0) is 10.2 Å². The summed E-state index contributed by atoms with van der Waals surface area (Å²) in [5.74, 6) is -0.201. The van der Waals surface area contributed by atoms with Gasteiger partial charge in [-0.2, -0.15) is 0 Å². The summed E-state index contributed by atoms with van der Waals surface area (Å²) < 4.78 is 20.1. The standard InChI is InChI=1S/C24H25Cl2FN4O2/c1-23(2,3)33-22(32)31-10-9-24(4,12-31)14-5-7-17-15(11-14)21(29-13-28-17)30-18-8-6-16(25)19(26)20(18)27/h5-8,11,13H,9-10,12H2,1-4H3,(H,28,29,30). The number of nitrogens with zero attached hydrogens (tertiary/aromatic N) is 3. The predicted molar refractivity (Wildman–Crippen MR) is 129 cm³/mol. The number of halogens is 3. The van der Waals surface area contributed by atoms with Gasteiger partial charge < -0.3 is 15.0 Å². The molecule has 1 aliphatic rings. The van der Waals surface area contributed by atoms with Crippen LogP contribution in [0.1, 0.15) is 39.7 Å². The Bertz CT molecular complexity index is 1230. The first-order chi connectivity index (χ1) is 15.5. The number of hydrogen-bond donors (Lipinski definition) is 1. The number of ether oxygens (including phenoxy) is 1. The van der Waals surface area contributed by atoms with E-state index in [2.05, 4.69) is 22.2 Å². The van der Waals surface area contributed by atoms with Crippen molar-refractivity contribution in [1.82, 2.24) is 14.9 Å². The average Bonchev–Trinajstić information content (AvgIpc) is 3.16. The summed E-state index contributed by atoms with van der Waals surface area (Å²) in [5.41, 5.74) is 1.10. The van der Waals surface area contributed by atoms with Gasteiger partial charge in [-0.15, -0.1) is 0 Å². The quantitative estimate of drug-likeness (QED) is 0.412. The summed E-state index contributed by atoms with van der Waals surface area (Å²) in [6, 6.07) is 8.94. The number of carbonyl (C=O) groups excluding carboxylic acids is 1. The van der Waals surface area contributed by atoms with E-state index in [1.807, 2.05) is 39.0 Å². The third-order valence-electron chi connectivity index (χ3n) is 5.75. The SMILES string of the molecule is CC(C)(C)OC(=O)N1CCC(C)(c2ccc3ncnc(Nc4ccc(Cl)c(Cl)c4F)c3c2)C1. The van der Waals surface area contributed by atoms with E-state index in [1.165, 1.54) is 18.5 Å². The van der Waals surface area contributed by atoms with Gasteiger partial charge in [0.15, 0.2) is 5.82 Å². The van der Waals surface area contributed by atoms with Crippen molar-refractivity contribution in [1.29, 1.82) is 0 Å². The Labute approximate surface area is 202 Å². The Hall–Kier alpha value is -2.64. The molecule has 1 saturated heterocycles. The van der Waals surface area contributed by atoms with Crippen molar-refractivity contribution in [3.8, 4) is 0 Å². The molecule has 1 aromatic heterocycles. The Morgan fingerprint density at radius 1 is 1.21 bits per heavy atom. The molecule has 3 aromatic rings. The summed E-state index contributed by atoms with van der Waals surface area (Å²) in [4.78, 5) is 22.9. The first kappa shape index (κ1) is 23.5. The zero-order chi connectivity index (χ0) is 24.0. The highest BCUT2D eigenvalue weighted by molar-refractivity contribution is 6.42. The molecule has 1 unspecified atom stereocenters. The highest BCUT2D eigenvalue weighted by atomic mass is 35.5. The van der Waals surface area contributed by atoms with E-state index in [1.54, 1.807) is 4.90 Å². The number of aromatic nitrogens is 2. The summed E-state index contributed by atoms with van der Waals surface area (Å²) in [6.07, 6.45) is 1.89. The Balaban J connectivity index is 1.65. The van der Waals surface area contributed by atoms with Crippen molar-refractivity contribution >= 4 is 51.7 Å². The van der Waals surface area contributed by atoms with Crippen LogP contribution in [0, 0.1) is 5.82 Å². The van der Waals surface area contributed by atoms with Crippen LogP contribution in [0.5, 0.6) is 0 Å². The van der Waals surface area contributed by atoms with Gasteiger partial charge in [0.2, 0.25) is 0 Å². The van der Waals surface area contributed by atoms with E-state index in [0.717, 1.165) is 17.4 Å². The molecule has 0 bridgehead atoms. The Morgan fingerprint density at radius 2 is 1.97 bits per heavy atom. The van der Waals surface area contributed by atoms with Crippen molar-refractivity contribution in [3.63, 3.8) is 0 Å². The lowest BCUT2D eigenvalue weighted by Gasteiger charge is -2.27. The zero-order valence-corrected chi connectivity index (χ0v) is 20.4. The number of carbonyl (C=O) groups is 1. The summed E-state index contributed by atoms with van der Waals surface area (Å²) >= 11 is 11.9. The predicted octanol–water partition coefficient (Wildman–Crippen LogP) is 6.72. The van der Waals surface area contributed by atoms with Crippen LogP contribution in [0.3, 0.4) is 0 Å². The average molecular weight is 491 g/mol. The lowest BCUT2D eigenvalue weighted by Crippen LogP contribution is -2.37. The van der Waals surface area contributed by atoms with Gasteiger partial charge in [0.25, 0.3) is 0 Å². The molecule has 174 valence electrons. The molecule has 4 rings (SSSR count). The number of anilines is 2. The number of fused-ring (bicyclic) bond motifs is 1. The van der Waals surface area contributed by atoms with Crippen LogP contribution in [0.4, 0.5) is 20.7 Å². The first-order valence-corrected chi connectivity index (χ1v) is 11.4. The number of benzene rings is 2. The number of rotatable bonds is 3. The molecule has 2 aromatic carbocycles. The highest BCUT2D eigenvalue weighted by Gasteiger charge is 2.39. The number of amides is 1. The van der Waals surface area contributed by atoms with Crippen LogP contribution in [0.2, 0.25) is 10.0 Å². The van der Waals surface area contributed by atoms with Crippen molar-refractivity contribution in [2.24, 2.45) is 0 Å². The van der Waals surface area contributed by atoms with Crippen LogP contribution in [0.25, 0.3) is 10.9 Å². The van der Waals surface area contributed by atoms with E-state index in [-0.39, 0.29) is 27.2 Å². The minimum Gasteiger partial charge on any atom is -0.444 e. The summed E-state index contributed by atoms with van der Waals surface area (Å²) in [7, 11) is 0. The number of nitrogens with one attached hydrogen (secondary N) is 1. The Kier molecular flexibility index (Phi) is 6.14. The van der Waals surface area contributed by atoms with Crippen molar-refractivity contribution in [2.75, 3.05) is 18.4 Å². The van der Waals surface area contributed by atoms with E-state index in [0.29, 0.717) is 24.4 Å². The minimum atomic E-state index is -0.650. The van der Waals surface area contributed by atoms with Gasteiger partial charge >= 0.3 is 6.09 Å². The van der Waals surface area contributed by atoms with Crippen LogP contribution in [-0.4, -0.2) is 39.7 Å². The molecule has 0 spiro atoms. The van der Waals surface area contributed by atoms with Gasteiger partial charge in [-0.25, -0.2) is 19.2 Å². The molecule has 1 N–H and O–H groups in total. The molecule has 1 aliphatic heterocycles. The van der Waals surface area contributed by atoms with E-state index in [9.17, 15) is 9.18 Å². The number of hydrogen-bond acceptors (Lipinski definition) is 5. The van der Waals surface area contributed by atoms with Gasteiger partial charge in [-0.05, 0) is 57.0 Å². The van der Waals surface area contributed by atoms with Crippen LogP contribution >= 0.6 is 23.2 Å². The van der Waals surface area contributed by atoms with Gasteiger partial charge in [-0.3, -0.25) is 0 Å². The molecule has 0 saturated carbocycles. The van der Waals surface area contributed by atoms with Crippen molar-refractivity contribution in [3.05, 3.63) is 58.1 Å². The van der Waals surface area contributed by atoms with Gasteiger partial charge in [0.1, 0.15) is 17.7 Å². The van der Waals surface area contributed by atoms with Crippen LogP contribution < -0.4 is 5.32 Å². The molecule has 1 atom stereocenters. The third kappa shape index (κ3) is 4.84. The second kappa shape index (κ2) is 8.61. The maximum atomic E-state index is 14.6. The molecular weight excluding hydrogens is 466 g/mol. The van der Waals surface area contributed by atoms with Crippen LogP contribution in [0.15, 0.2) is 36.7 Å². The van der Waals surface area contributed by atoms with Crippen molar-refractivity contribution in [2.45, 2.75) is 45.1 Å². The molecular formula is C24H25Cl2FN4O2. The smallest absolute Gasteiger partial charge is 0.410 e. The van der Waals surface area contributed by atoms with E-state index in [4.69, 9.17) is 27.9 Å². The van der Waals surface area contributed by atoms with E-state index >= 15 is 0 Å². The maximum absolute atomic E-state index is 14.6. The molecule has 0 aliphatic carbocycles. The first-order valence-electron chi connectivity index (χ1n) is 10.6. The lowest BCUT2D eigenvalue weighted by molar-refractivity contribution is 0.0285. The van der Waals surface area contributed by atoms with Gasteiger partial charge in [-0.1, -0.05) is 36.2 Å². The summed E-state index contributed by atoms with van der Waals surface area (Å²) in [6.45, 7) is 8.83. The zero-order valence-electron chi connectivity index (χ0n) is 18.9. The molecule has 2 heterocycles. The largest absolute Gasteiger partial charge is 0.444 e. The van der Waals surface area contributed by atoms with E-state index < -0.39 is 11.4 Å². The Morgan fingerprint density at radius 3 is 2.70 bits per heavy atom. The minimum absolute atomic E-state index is 0.137. The topological polar surface area (TPSA) is 67.3 Å². The molecule has 1 fully saturated rings. The lowest BCUT2D eigenvalue weighted by atomic mass is 9.81. The molecule has 9 heteroatoms.